The molecular weight excluding hydrogens is 158 g/mol. The van der Waals surface area contributed by atoms with Crippen LogP contribution in [-0.2, 0) is 0 Å². The third-order valence-corrected chi connectivity index (χ3v) is 1.40. The Morgan fingerprint density at radius 2 is 2.18 bits per heavy atom. The second-order valence-electron chi connectivity index (χ2n) is 2.80. The highest BCUT2D eigenvalue weighted by atomic mass is 32.1. The van der Waals surface area contributed by atoms with Gasteiger partial charge in [0.2, 0.25) is 0 Å². The summed E-state index contributed by atoms with van der Waals surface area (Å²) in [6.07, 6.45) is 1.13. The van der Waals surface area contributed by atoms with Gasteiger partial charge in [0.05, 0.1) is 4.99 Å². The predicted octanol–water partition coefficient (Wildman–Crippen LogP) is -0.186. The van der Waals surface area contributed by atoms with Crippen molar-refractivity contribution in [2.45, 2.75) is 6.42 Å². The van der Waals surface area contributed by atoms with Crippen LogP contribution < -0.4 is 11.1 Å². The highest BCUT2D eigenvalue weighted by Crippen LogP contribution is 1.79. The summed E-state index contributed by atoms with van der Waals surface area (Å²) in [4.78, 5) is 2.69. The maximum Gasteiger partial charge on any atom is 0.0867 e. The van der Waals surface area contributed by atoms with E-state index in [0.29, 0.717) is 11.5 Å². The zero-order chi connectivity index (χ0) is 8.69. The smallest absolute Gasteiger partial charge is 0.0867 e. The SMILES string of the molecule is CN(C)CCCNCC(N)=S. The zero-order valence-corrected chi connectivity index (χ0v) is 8.08. The quantitative estimate of drug-likeness (QED) is 0.434. The lowest BCUT2D eigenvalue weighted by atomic mass is 10.4. The van der Waals surface area contributed by atoms with Gasteiger partial charge in [0.15, 0.2) is 0 Å². The second-order valence-corrected chi connectivity index (χ2v) is 3.32. The van der Waals surface area contributed by atoms with E-state index >= 15 is 0 Å². The van der Waals surface area contributed by atoms with E-state index in [9.17, 15) is 0 Å². The summed E-state index contributed by atoms with van der Waals surface area (Å²) < 4.78 is 0. The summed E-state index contributed by atoms with van der Waals surface area (Å²) in [5.74, 6) is 0. The molecule has 0 aliphatic carbocycles. The van der Waals surface area contributed by atoms with Gasteiger partial charge in [-0.25, -0.2) is 0 Å². The van der Waals surface area contributed by atoms with Crippen molar-refractivity contribution in [2.75, 3.05) is 33.7 Å². The molecule has 0 amide bonds. The number of nitrogens with one attached hydrogen (secondary N) is 1. The molecule has 0 aromatic carbocycles. The van der Waals surface area contributed by atoms with Crippen molar-refractivity contribution in [3.05, 3.63) is 0 Å². The Hall–Kier alpha value is -0.190. The molecule has 0 spiro atoms. The maximum atomic E-state index is 5.29. The molecule has 66 valence electrons. The molecule has 11 heavy (non-hydrogen) atoms. The first-order valence-electron chi connectivity index (χ1n) is 3.76. The molecule has 0 aromatic heterocycles. The fourth-order valence-corrected chi connectivity index (χ4v) is 0.834. The monoisotopic (exact) mass is 175 g/mol. The normalized spacial score (nSPS) is 10.5. The first-order chi connectivity index (χ1) is 5.13. The number of hydrogen-bond acceptors (Lipinski definition) is 3. The topological polar surface area (TPSA) is 41.3 Å². The molecule has 0 radical (unpaired) electrons. The molecule has 3 N–H and O–H groups in total. The van der Waals surface area contributed by atoms with Crippen molar-refractivity contribution in [3.8, 4) is 0 Å². The van der Waals surface area contributed by atoms with Gasteiger partial charge in [0, 0.05) is 6.54 Å². The Morgan fingerprint density at radius 1 is 1.55 bits per heavy atom. The van der Waals surface area contributed by atoms with Crippen molar-refractivity contribution in [1.29, 1.82) is 0 Å². The zero-order valence-electron chi connectivity index (χ0n) is 7.26. The van der Waals surface area contributed by atoms with E-state index < -0.39 is 0 Å². The summed E-state index contributed by atoms with van der Waals surface area (Å²) in [7, 11) is 4.13. The molecule has 0 unspecified atom stereocenters. The van der Waals surface area contributed by atoms with E-state index in [1.54, 1.807) is 0 Å². The third kappa shape index (κ3) is 9.81. The largest absolute Gasteiger partial charge is 0.392 e. The lowest BCUT2D eigenvalue weighted by Gasteiger charge is -2.08. The molecule has 0 aliphatic heterocycles. The number of thiocarbonyl (C=S) groups is 1. The van der Waals surface area contributed by atoms with Gasteiger partial charge in [-0.05, 0) is 33.6 Å². The number of hydrogen-bond donors (Lipinski definition) is 2. The molecule has 4 heteroatoms. The van der Waals surface area contributed by atoms with Gasteiger partial charge in [-0.3, -0.25) is 0 Å². The highest BCUT2D eigenvalue weighted by Gasteiger charge is 1.90. The molecule has 0 fully saturated rings. The molecule has 0 aliphatic rings. The van der Waals surface area contributed by atoms with Crippen LogP contribution in [0.15, 0.2) is 0 Å². The van der Waals surface area contributed by atoms with Crippen LogP contribution in [0.1, 0.15) is 6.42 Å². The standard InChI is InChI=1S/C7H17N3S/c1-10(2)5-3-4-9-6-7(8)11/h9H,3-6H2,1-2H3,(H2,8,11). The lowest BCUT2D eigenvalue weighted by Crippen LogP contribution is -2.29. The molecule has 0 heterocycles. The van der Waals surface area contributed by atoms with Gasteiger partial charge in [0.25, 0.3) is 0 Å². The molecule has 0 aromatic rings. The van der Waals surface area contributed by atoms with Gasteiger partial charge < -0.3 is 16.0 Å². The van der Waals surface area contributed by atoms with Crippen LogP contribution in [0.4, 0.5) is 0 Å². The molecule has 0 saturated heterocycles. The Bertz CT molecular complexity index is 114. The van der Waals surface area contributed by atoms with Gasteiger partial charge in [-0.2, -0.15) is 0 Å². The van der Waals surface area contributed by atoms with Crippen molar-refractivity contribution in [1.82, 2.24) is 10.2 Å². The summed E-state index contributed by atoms with van der Waals surface area (Å²) >= 11 is 4.70. The Labute approximate surface area is 73.9 Å². The van der Waals surface area contributed by atoms with Crippen LogP contribution in [0.25, 0.3) is 0 Å². The molecule has 0 bridgehead atoms. The van der Waals surface area contributed by atoms with Crippen LogP contribution in [0.2, 0.25) is 0 Å². The van der Waals surface area contributed by atoms with Gasteiger partial charge in [-0.1, -0.05) is 12.2 Å². The summed E-state index contributed by atoms with van der Waals surface area (Å²) in [6, 6.07) is 0. The number of nitrogens with two attached hydrogens (primary N) is 1. The molecule has 0 saturated carbocycles. The summed E-state index contributed by atoms with van der Waals surface area (Å²) in [5.41, 5.74) is 5.29. The van der Waals surface area contributed by atoms with E-state index in [-0.39, 0.29) is 0 Å². The van der Waals surface area contributed by atoms with Crippen molar-refractivity contribution >= 4 is 17.2 Å². The number of rotatable bonds is 6. The lowest BCUT2D eigenvalue weighted by molar-refractivity contribution is 0.397. The van der Waals surface area contributed by atoms with Gasteiger partial charge >= 0.3 is 0 Å². The van der Waals surface area contributed by atoms with E-state index in [4.69, 9.17) is 18.0 Å². The summed E-state index contributed by atoms with van der Waals surface area (Å²) in [6.45, 7) is 2.74. The van der Waals surface area contributed by atoms with E-state index in [2.05, 4.69) is 24.3 Å². The van der Waals surface area contributed by atoms with Crippen LogP contribution >= 0.6 is 12.2 Å². The van der Waals surface area contributed by atoms with Crippen LogP contribution in [0, 0.1) is 0 Å². The minimum absolute atomic E-state index is 0.537. The van der Waals surface area contributed by atoms with Crippen LogP contribution in [0.5, 0.6) is 0 Å². The van der Waals surface area contributed by atoms with E-state index in [1.807, 2.05) is 0 Å². The maximum absolute atomic E-state index is 5.29. The first kappa shape index (κ1) is 10.8. The van der Waals surface area contributed by atoms with Crippen molar-refractivity contribution in [2.24, 2.45) is 5.73 Å². The first-order valence-corrected chi connectivity index (χ1v) is 4.17. The van der Waals surface area contributed by atoms with Crippen molar-refractivity contribution in [3.63, 3.8) is 0 Å². The Balaban J connectivity index is 2.97. The summed E-state index contributed by atoms with van der Waals surface area (Å²) in [5, 5.41) is 3.15. The predicted molar refractivity (Wildman–Crippen MR) is 52.8 cm³/mol. The van der Waals surface area contributed by atoms with Crippen molar-refractivity contribution < 1.29 is 0 Å². The molecule has 0 atom stereocenters. The molecular formula is C7H17N3S. The number of nitrogens with zero attached hydrogens (tertiary/aromatic N) is 1. The molecule has 0 rings (SSSR count). The minimum Gasteiger partial charge on any atom is -0.392 e. The van der Waals surface area contributed by atoms with E-state index in [0.717, 1.165) is 19.5 Å². The Kier molecular flexibility index (Phi) is 6.40. The third-order valence-electron chi connectivity index (χ3n) is 1.26. The average Bonchev–Trinajstić information content (AvgIpc) is 1.85. The Morgan fingerprint density at radius 3 is 2.64 bits per heavy atom. The van der Waals surface area contributed by atoms with Gasteiger partial charge in [0.1, 0.15) is 0 Å². The second kappa shape index (κ2) is 6.52. The van der Waals surface area contributed by atoms with Gasteiger partial charge in [-0.15, -0.1) is 0 Å². The van der Waals surface area contributed by atoms with Crippen LogP contribution in [0.3, 0.4) is 0 Å². The fourth-order valence-electron chi connectivity index (χ4n) is 0.732. The van der Waals surface area contributed by atoms with E-state index in [1.165, 1.54) is 0 Å². The fraction of sp³-hybridized carbons (Fsp3) is 0.857. The minimum atomic E-state index is 0.537. The average molecular weight is 175 g/mol. The highest BCUT2D eigenvalue weighted by molar-refractivity contribution is 7.80. The van der Waals surface area contributed by atoms with Crippen LogP contribution in [-0.4, -0.2) is 43.6 Å². The molecule has 3 nitrogen and oxygen atoms in total.